The van der Waals surface area contributed by atoms with Gasteiger partial charge in [0.2, 0.25) is 0 Å². The molecular weight excluding hydrogens is 333 g/mol. The summed E-state index contributed by atoms with van der Waals surface area (Å²) in [7, 11) is 1.89. The normalized spacial score (nSPS) is 12.2. The molecule has 2 aromatic rings. The van der Waals surface area contributed by atoms with Crippen LogP contribution in [0.5, 0.6) is 5.75 Å². The number of aromatic nitrogens is 2. The highest BCUT2D eigenvalue weighted by Gasteiger charge is 2.32. The molecule has 1 aromatic carbocycles. The van der Waals surface area contributed by atoms with Crippen molar-refractivity contribution in [1.29, 1.82) is 0 Å². The molecule has 0 saturated carbocycles. The van der Waals surface area contributed by atoms with E-state index in [1.807, 2.05) is 11.9 Å². The number of nitrogens with one attached hydrogen (secondary N) is 1. The maximum Gasteiger partial charge on any atom is 0.416 e. The molecule has 0 aliphatic heterocycles. The fraction of sp³-hybridized carbons (Fsp3) is 0.471. The van der Waals surface area contributed by atoms with E-state index in [1.165, 1.54) is 0 Å². The van der Waals surface area contributed by atoms with E-state index in [-0.39, 0.29) is 11.9 Å². The van der Waals surface area contributed by atoms with Gasteiger partial charge in [-0.2, -0.15) is 18.3 Å². The molecule has 0 saturated heterocycles. The minimum absolute atomic E-state index is 0.177. The largest absolute Gasteiger partial charge is 0.491 e. The summed E-state index contributed by atoms with van der Waals surface area (Å²) < 4.78 is 45.2. The van der Waals surface area contributed by atoms with Crippen molar-refractivity contribution < 1.29 is 17.9 Å². The number of nitrogens with two attached hydrogens (primary N) is 1. The number of aromatic amines is 1. The van der Waals surface area contributed by atoms with Crippen LogP contribution in [0.1, 0.15) is 25.0 Å². The summed E-state index contributed by atoms with van der Waals surface area (Å²) in [5, 5.41) is 6.79. The van der Waals surface area contributed by atoms with Gasteiger partial charge in [-0.05, 0) is 39.1 Å². The smallest absolute Gasteiger partial charge is 0.416 e. The Bertz CT molecular complexity index is 697. The highest BCUT2D eigenvalue weighted by atomic mass is 19.4. The summed E-state index contributed by atoms with van der Waals surface area (Å²) in [6, 6.07) is 3.71. The molecule has 0 spiro atoms. The van der Waals surface area contributed by atoms with Gasteiger partial charge in [0.1, 0.15) is 5.75 Å². The number of benzene rings is 1. The molecule has 3 N–H and O–H groups in total. The number of alkyl halides is 3. The van der Waals surface area contributed by atoms with E-state index < -0.39 is 11.7 Å². The van der Waals surface area contributed by atoms with Crippen molar-refractivity contribution in [2.75, 3.05) is 20.1 Å². The topological polar surface area (TPSA) is 67.2 Å². The molecule has 0 atom stereocenters. The van der Waals surface area contributed by atoms with E-state index in [9.17, 15) is 13.2 Å². The van der Waals surface area contributed by atoms with E-state index in [2.05, 4.69) is 10.2 Å². The zero-order valence-electron chi connectivity index (χ0n) is 14.5. The molecule has 25 heavy (non-hydrogen) atoms. The van der Waals surface area contributed by atoms with Crippen LogP contribution in [0.3, 0.4) is 0 Å². The summed E-state index contributed by atoms with van der Waals surface area (Å²) in [6.07, 6.45) is -3.07. The molecule has 8 heteroatoms. The minimum Gasteiger partial charge on any atom is -0.491 e. The van der Waals surface area contributed by atoms with Crippen LogP contribution in [0.2, 0.25) is 0 Å². The first-order valence-electron chi connectivity index (χ1n) is 8.01. The van der Waals surface area contributed by atoms with Crippen molar-refractivity contribution in [3.63, 3.8) is 0 Å². The molecule has 0 bridgehead atoms. The average molecular weight is 356 g/mol. The van der Waals surface area contributed by atoms with Crippen molar-refractivity contribution in [2.24, 2.45) is 5.73 Å². The molecule has 1 heterocycles. The Morgan fingerprint density at radius 2 is 2.00 bits per heavy atom. The lowest BCUT2D eigenvalue weighted by molar-refractivity contribution is -0.137. The van der Waals surface area contributed by atoms with E-state index in [0.29, 0.717) is 30.9 Å². The highest BCUT2D eigenvalue weighted by molar-refractivity contribution is 5.66. The number of rotatable bonds is 7. The molecule has 0 amide bonds. The molecule has 0 radical (unpaired) electrons. The average Bonchev–Trinajstić information content (AvgIpc) is 2.93. The number of H-pyrrole nitrogens is 1. The second-order valence-corrected chi connectivity index (χ2v) is 6.21. The fourth-order valence-corrected chi connectivity index (χ4v) is 2.52. The lowest BCUT2D eigenvalue weighted by Crippen LogP contribution is -2.25. The summed E-state index contributed by atoms with van der Waals surface area (Å²) in [5.41, 5.74) is 6.51. The zero-order chi connectivity index (χ0) is 18.6. The van der Waals surface area contributed by atoms with Crippen molar-refractivity contribution in [1.82, 2.24) is 15.1 Å². The summed E-state index contributed by atoms with van der Waals surface area (Å²) in [5.74, 6) is 0.177. The predicted molar refractivity (Wildman–Crippen MR) is 90.2 cm³/mol. The lowest BCUT2D eigenvalue weighted by Gasteiger charge is -2.17. The summed E-state index contributed by atoms with van der Waals surface area (Å²) >= 11 is 0. The van der Waals surface area contributed by atoms with Crippen LogP contribution in [0.25, 0.3) is 11.3 Å². The Morgan fingerprint density at radius 1 is 1.28 bits per heavy atom. The third kappa shape index (κ3) is 5.20. The maximum atomic E-state index is 13.2. The van der Waals surface area contributed by atoms with Gasteiger partial charge in [0, 0.05) is 30.8 Å². The van der Waals surface area contributed by atoms with Crippen LogP contribution < -0.4 is 10.5 Å². The van der Waals surface area contributed by atoms with Crippen LogP contribution in [-0.2, 0) is 12.7 Å². The molecule has 138 valence electrons. The molecule has 0 fully saturated rings. The summed E-state index contributed by atoms with van der Waals surface area (Å²) in [4.78, 5) is 1.98. The molecular formula is C17H23F3N4O. The fourth-order valence-electron chi connectivity index (χ4n) is 2.52. The van der Waals surface area contributed by atoms with E-state index in [1.54, 1.807) is 26.1 Å². The molecule has 5 nitrogen and oxygen atoms in total. The third-order valence-electron chi connectivity index (χ3n) is 3.56. The Balaban J connectivity index is 2.43. The number of halogens is 3. The quantitative estimate of drug-likeness (QED) is 0.799. The molecule has 0 unspecified atom stereocenters. The second kappa shape index (κ2) is 7.88. The summed E-state index contributed by atoms with van der Waals surface area (Å²) in [6.45, 7) is 5.24. The Hall–Kier alpha value is -2.06. The van der Waals surface area contributed by atoms with Crippen LogP contribution in [-0.4, -0.2) is 41.3 Å². The molecule has 2 rings (SSSR count). The molecule has 0 aliphatic rings. The van der Waals surface area contributed by atoms with Crippen LogP contribution in [0, 0.1) is 0 Å². The van der Waals surface area contributed by atoms with Gasteiger partial charge in [-0.25, -0.2) is 0 Å². The number of ether oxygens (including phenoxy) is 1. The van der Waals surface area contributed by atoms with Crippen molar-refractivity contribution in [2.45, 2.75) is 32.7 Å². The Labute approximate surface area is 145 Å². The van der Waals surface area contributed by atoms with E-state index in [4.69, 9.17) is 10.5 Å². The van der Waals surface area contributed by atoms with Gasteiger partial charge >= 0.3 is 6.18 Å². The van der Waals surface area contributed by atoms with Gasteiger partial charge in [0.25, 0.3) is 0 Å². The van der Waals surface area contributed by atoms with Gasteiger partial charge in [0.05, 0.1) is 23.6 Å². The number of likely N-dealkylation sites (N-methyl/N-ethyl adjacent to an activating group) is 1. The van der Waals surface area contributed by atoms with Gasteiger partial charge < -0.3 is 15.4 Å². The Morgan fingerprint density at radius 3 is 2.60 bits per heavy atom. The van der Waals surface area contributed by atoms with Crippen molar-refractivity contribution in [3.05, 3.63) is 35.5 Å². The minimum atomic E-state index is -4.46. The van der Waals surface area contributed by atoms with E-state index >= 15 is 0 Å². The van der Waals surface area contributed by atoms with E-state index in [0.717, 1.165) is 17.7 Å². The molecule has 1 aromatic heterocycles. The SMILES string of the molecule is CC(C)Oc1cc(-c2[nH]ncc2CN(C)CCN)cc(C(F)(F)F)c1. The number of hydrogen-bond acceptors (Lipinski definition) is 4. The van der Waals surface area contributed by atoms with Crippen molar-refractivity contribution >= 4 is 0 Å². The van der Waals surface area contributed by atoms with Gasteiger partial charge in [0.15, 0.2) is 0 Å². The first-order valence-corrected chi connectivity index (χ1v) is 8.01. The van der Waals surface area contributed by atoms with Crippen LogP contribution >= 0.6 is 0 Å². The third-order valence-corrected chi connectivity index (χ3v) is 3.56. The van der Waals surface area contributed by atoms with Gasteiger partial charge in [-0.15, -0.1) is 0 Å². The number of hydrogen-bond donors (Lipinski definition) is 2. The number of nitrogens with zero attached hydrogens (tertiary/aromatic N) is 2. The standard InChI is InChI=1S/C17H23F3N4O/c1-11(2)25-15-7-12(6-14(8-15)17(18,19)20)16-13(9-22-23-16)10-24(3)5-4-21/h6-9,11H,4-5,10,21H2,1-3H3,(H,22,23). The first kappa shape index (κ1) is 19.3. The maximum absolute atomic E-state index is 13.2. The van der Waals surface area contributed by atoms with Crippen LogP contribution in [0.4, 0.5) is 13.2 Å². The second-order valence-electron chi connectivity index (χ2n) is 6.21. The lowest BCUT2D eigenvalue weighted by atomic mass is 10.0. The predicted octanol–water partition coefficient (Wildman–Crippen LogP) is 3.27. The van der Waals surface area contributed by atoms with Crippen molar-refractivity contribution in [3.8, 4) is 17.0 Å². The zero-order valence-corrected chi connectivity index (χ0v) is 14.5. The molecule has 0 aliphatic carbocycles. The van der Waals surface area contributed by atoms with Gasteiger partial charge in [-0.1, -0.05) is 0 Å². The monoisotopic (exact) mass is 356 g/mol. The van der Waals surface area contributed by atoms with Crippen LogP contribution in [0.15, 0.2) is 24.4 Å². The first-order chi connectivity index (χ1) is 11.7. The van der Waals surface area contributed by atoms with Gasteiger partial charge in [-0.3, -0.25) is 5.10 Å². The Kier molecular flexibility index (Phi) is 6.07. The highest BCUT2D eigenvalue weighted by Crippen LogP contribution is 2.36.